The first-order valence-corrected chi connectivity index (χ1v) is 12.3. The molecule has 1 N–H and O–H groups in total. The number of rotatable bonds is 8. The van der Waals surface area contributed by atoms with Crippen LogP contribution in [0.4, 0.5) is 11.4 Å². The van der Waals surface area contributed by atoms with Crippen LogP contribution in [-0.4, -0.2) is 31.6 Å². The standard InChI is InChI=1S/C31H28N2O4/c1-22-12-15-26(16-13-22)36-19-18-33-27-20-25(14-17-28(27)37-21-29(33)34)32-31(35)30(23-8-4-2-5-9-23)24-10-6-3-7-11-24/h2-17,20,30H,18-19,21H2,1H3,(H,32,35). The molecule has 2 amide bonds. The van der Waals surface area contributed by atoms with Crippen molar-refractivity contribution in [3.8, 4) is 11.5 Å². The predicted octanol–water partition coefficient (Wildman–Crippen LogP) is 5.57. The molecule has 5 rings (SSSR count). The maximum atomic E-state index is 13.5. The zero-order valence-electron chi connectivity index (χ0n) is 20.6. The van der Waals surface area contributed by atoms with Gasteiger partial charge in [-0.25, -0.2) is 0 Å². The van der Waals surface area contributed by atoms with Crippen LogP contribution < -0.4 is 19.7 Å². The van der Waals surface area contributed by atoms with Gasteiger partial charge in [-0.2, -0.15) is 0 Å². The molecule has 0 saturated carbocycles. The molecule has 0 atom stereocenters. The number of benzene rings is 4. The number of nitrogens with one attached hydrogen (secondary N) is 1. The number of nitrogens with zero attached hydrogens (tertiary/aromatic N) is 1. The van der Waals surface area contributed by atoms with Crippen molar-refractivity contribution in [2.45, 2.75) is 12.8 Å². The lowest BCUT2D eigenvalue weighted by Crippen LogP contribution is -2.41. The lowest BCUT2D eigenvalue weighted by molar-refractivity contribution is -0.121. The second kappa shape index (κ2) is 11.0. The Morgan fingerprint density at radius 1 is 0.919 bits per heavy atom. The van der Waals surface area contributed by atoms with E-state index in [0.717, 1.165) is 22.4 Å². The Morgan fingerprint density at radius 2 is 1.57 bits per heavy atom. The minimum atomic E-state index is -0.477. The molecule has 6 heteroatoms. The van der Waals surface area contributed by atoms with E-state index in [1.54, 1.807) is 23.1 Å². The summed E-state index contributed by atoms with van der Waals surface area (Å²) in [7, 11) is 0. The summed E-state index contributed by atoms with van der Waals surface area (Å²) in [6.07, 6.45) is 0. The first-order chi connectivity index (χ1) is 18.1. The number of hydrogen-bond donors (Lipinski definition) is 1. The highest BCUT2D eigenvalue weighted by Crippen LogP contribution is 2.35. The highest BCUT2D eigenvalue weighted by atomic mass is 16.5. The maximum absolute atomic E-state index is 13.5. The number of fused-ring (bicyclic) bond motifs is 1. The first-order valence-electron chi connectivity index (χ1n) is 12.3. The van der Waals surface area contributed by atoms with Crippen molar-refractivity contribution >= 4 is 23.2 Å². The fraction of sp³-hybridized carbons (Fsp3) is 0.161. The van der Waals surface area contributed by atoms with Gasteiger partial charge in [0.25, 0.3) is 5.91 Å². The van der Waals surface area contributed by atoms with Crippen LogP contribution in [0.2, 0.25) is 0 Å². The van der Waals surface area contributed by atoms with Gasteiger partial charge in [-0.1, -0.05) is 78.4 Å². The molecular weight excluding hydrogens is 464 g/mol. The van der Waals surface area contributed by atoms with Crippen molar-refractivity contribution in [2.24, 2.45) is 0 Å². The van der Waals surface area contributed by atoms with E-state index in [1.807, 2.05) is 91.9 Å². The van der Waals surface area contributed by atoms with E-state index in [4.69, 9.17) is 9.47 Å². The molecule has 4 aromatic carbocycles. The van der Waals surface area contributed by atoms with E-state index in [-0.39, 0.29) is 18.4 Å². The third-order valence-corrected chi connectivity index (χ3v) is 6.30. The number of hydrogen-bond acceptors (Lipinski definition) is 4. The van der Waals surface area contributed by atoms with Gasteiger partial charge >= 0.3 is 0 Å². The molecule has 1 heterocycles. The number of ether oxygens (including phenoxy) is 2. The van der Waals surface area contributed by atoms with Gasteiger partial charge in [-0.05, 0) is 48.4 Å². The molecule has 1 aliphatic rings. The van der Waals surface area contributed by atoms with Crippen molar-refractivity contribution in [3.63, 3.8) is 0 Å². The molecule has 0 fully saturated rings. The molecule has 6 nitrogen and oxygen atoms in total. The average molecular weight is 493 g/mol. The van der Waals surface area contributed by atoms with E-state index in [9.17, 15) is 9.59 Å². The molecule has 0 unspecified atom stereocenters. The van der Waals surface area contributed by atoms with Crippen molar-refractivity contribution in [3.05, 3.63) is 120 Å². The van der Waals surface area contributed by atoms with Gasteiger partial charge in [-0.3, -0.25) is 9.59 Å². The summed E-state index contributed by atoms with van der Waals surface area (Å²) in [5, 5.41) is 3.05. The molecule has 1 aliphatic heterocycles. The molecule has 0 bridgehead atoms. The molecule has 0 saturated heterocycles. The second-order valence-electron chi connectivity index (χ2n) is 8.92. The van der Waals surface area contributed by atoms with E-state index in [1.165, 1.54) is 0 Å². The Balaban J connectivity index is 1.35. The predicted molar refractivity (Wildman–Crippen MR) is 144 cm³/mol. The van der Waals surface area contributed by atoms with Crippen LogP contribution in [0.25, 0.3) is 0 Å². The minimum absolute atomic E-state index is 0.0344. The van der Waals surface area contributed by atoms with E-state index in [0.29, 0.717) is 30.3 Å². The van der Waals surface area contributed by atoms with Gasteiger partial charge < -0.3 is 19.7 Å². The lowest BCUT2D eigenvalue weighted by Gasteiger charge is -2.30. The number of carbonyl (C=O) groups excluding carboxylic acids is 2. The van der Waals surface area contributed by atoms with Gasteiger partial charge in [0.05, 0.1) is 18.2 Å². The zero-order chi connectivity index (χ0) is 25.6. The number of aryl methyl sites for hydroxylation is 1. The Hall–Kier alpha value is -4.58. The van der Waals surface area contributed by atoms with Crippen molar-refractivity contribution < 1.29 is 19.1 Å². The van der Waals surface area contributed by atoms with Gasteiger partial charge in [0.15, 0.2) is 6.61 Å². The average Bonchev–Trinajstić information content (AvgIpc) is 2.92. The lowest BCUT2D eigenvalue weighted by atomic mass is 9.90. The highest BCUT2D eigenvalue weighted by Gasteiger charge is 2.27. The molecule has 37 heavy (non-hydrogen) atoms. The quantitative estimate of drug-likeness (QED) is 0.349. The third kappa shape index (κ3) is 5.64. The Bertz CT molecular complexity index is 1330. The highest BCUT2D eigenvalue weighted by molar-refractivity contribution is 6.01. The first kappa shape index (κ1) is 24.1. The topological polar surface area (TPSA) is 67.9 Å². The van der Waals surface area contributed by atoms with Crippen molar-refractivity contribution in [2.75, 3.05) is 30.0 Å². The summed E-state index contributed by atoms with van der Waals surface area (Å²) < 4.78 is 11.5. The third-order valence-electron chi connectivity index (χ3n) is 6.30. The summed E-state index contributed by atoms with van der Waals surface area (Å²) in [5.74, 6) is 0.552. The summed E-state index contributed by atoms with van der Waals surface area (Å²) >= 11 is 0. The fourth-order valence-corrected chi connectivity index (χ4v) is 4.41. The summed E-state index contributed by atoms with van der Waals surface area (Å²) in [6.45, 7) is 2.67. The minimum Gasteiger partial charge on any atom is -0.492 e. The monoisotopic (exact) mass is 492 g/mol. The normalized spacial score (nSPS) is 12.6. The molecule has 186 valence electrons. The number of carbonyl (C=O) groups is 2. The van der Waals surface area contributed by atoms with E-state index < -0.39 is 5.92 Å². The van der Waals surface area contributed by atoms with Gasteiger partial charge in [0.1, 0.15) is 18.1 Å². The van der Waals surface area contributed by atoms with Gasteiger partial charge in [0.2, 0.25) is 5.91 Å². The van der Waals surface area contributed by atoms with Gasteiger partial charge in [0, 0.05) is 5.69 Å². The molecular formula is C31H28N2O4. The fourth-order valence-electron chi connectivity index (χ4n) is 4.41. The van der Waals surface area contributed by atoms with Crippen LogP contribution in [0, 0.1) is 6.92 Å². The van der Waals surface area contributed by atoms with Crippen LogP contribution in [-0.2, 0) is 9.59 Å². The SMILES string of the molecule is Cc1ccc(OCCN2C(=O)COc3ccc(NC(=O)C(c4ccccc4)c4ccccc4)cc32)cc1. The maximum Gasteiger partial charge on any atom is 0.265 e. The number of amides is 2. The van der Waals surface area contributed by atoms with Crippen LogP contribution in [0.15, 0.2) is 103 Å². The summed E-state index contributed by atoms with van der Waals surface area (Å²) in [6, 6.07) is 32.5. The smallest absolute Gasteiger partial charge is 0.265 e. The van der Waals surface area contributed by atoms with Crippen LogP contribution >= 0.6 is 0 Å². The summed E-state index contributed by atoms with van der Waals surface area (Å²) in [4.78, 5) is 27.9. The molecule has 4 aromatic rings. The van der Waals surface area contributed by atoms with E-state index in [2.05, 4.69) is 5.32 Å². The second-order valence-corrected chi connectivity index (χ2v) is 8.92. The van der Waals surface area contributed by atoms with E-state index >= 15 is 0 Å². The van der Waals surface area contributed by atoms with Crippen LogP contribution in [0.3, 0.4) is 0 Å². The van der Waals surface area contributed by atoms with Crippen LogP contribution in [0.5, 0.6) is 11.5 Å². The number of anilines is 2. The zero-order valence-corrected chi connectivity index (χ0v) is 20.6. The van der Waals surface area contributed by atoms with Crippen LogP contribution in [0.1, 0.15) is 22.6 Å². The molecule has 0 aromatic heterocycles. The summed E-state index contributed by atoms with van der Waals surface area (Å²) in [5.41, 5.74) is 4.15. The Kier molecular flexibility index (Phi) is 7.17. The Labute approximate surface area is 216 Å². The van der Waals surface area contributed by atoms with Gasteiger partial charge in [-0.15, -0.1) is 0 Å². The molecule has 0 spiro atoms. The van der Waals surface area contributed by atoms with Crippen molar-refractivity contribution in [1.29, 1.82) is 0 Å². The molecule has 0 radical (unpaired) electrons. The molecule has 0 aliphatic carbocycles. The van der Waals surface area contributed by atoms with Crippen molar-refractivity contribution in [1.82, 2.24) is 0 Å². The Morgan fingerprint density at radius 3 is 2.22 bits per heavy atom. The largest absolute Gasteiger partial charge is 0.492 e.